The molecule has 144 valence electrons. The second-order valence-corrected chi connectivity index (χ2v) is 7.12. The van der Waals surface area contributed by atoms with Crippen molar-refractivity contribution in [3.8, 4) is 0 Å². The Hall–Kier alpha value is -3.66. The fourth-order valence-corrected chi connectivity index (χ4v) is 3.82. The van der Waals surface area contributed by atoms with Gasteiger partial charge in [0.25, 0.3) is 5.91 Å². The Morgan fingerprint density at radius 1 is 0.931 bits per heavy atom. The summed E-state index contributed by atoms with van der Waals surface area (Å²) in [4.78, 5) is 25.0. The number of carbonyl (C=O) groups is 2. The van der Waals surface area contributed by atoms with Crippen molar-refractivity contribution in [3.05, 3.63) is 107 Å². The minimum Gasteiger partial charge on any atom is -0.298 e. The topological polar surface area (TPSA) is 42.3 Å². The van der Waals surface area contributed by atoms with E-state index in [0.717, 1.165) is 34.0 Å². The van der Waals surface area contributed by atoms with Gasteiger partial charge in [-0.3, -0.25) is 14.3 Å². The molecular formula is C25H22N2O2. The van der Waals surface area contributed by atoms with Gasteiger partial charge in [0.15, 0.2) is 6.29 Å². The van der Waals surface area contributed by atoms with Crippen LogP contribution in [-0.2, 0) is 6.54 Å². The van der Waals surface area contributed by atoms with Gasteiger partial charge < -0.3 is 0 Å². The number of carbonyl (C=O) groups excluding carboxylic acids is 2. The van der Waals surface area contributed by atoms with Gasteiger partial charge in [-0.1, -0.05) is 60.7 Å². The molecule has 0 aliphatic heterocycles. The highest BCUT2D eigenvalue weighted by Gasteiger charge is 2.23. The number of nitrogens with zero attached hydrogens (tertiary/aromatic N) is 2. The molecule has 0 saturated heterocycles. The molecule has 1 aromatic heterocycles. The maximum Gasteiger partial charge on any atom is 0.273 e. The minimum atomic E-state index is -0.113. The highest BCUT2D eigenvalue weighted by atomic mass is 16.2. The van der Waals surface area contributed by atoms with Crippen LogP contribution in [0.2, 0.25) is 0 Å². The second-order valence-electron chi connectivity index (χ2n) is 7.12. The Morgan fingerprint density at radius 2 is 1.62 bits per heavy atom. The molecule has 0 saturated carbocycles. The molecule has 4 aromatic rings. The van der Waals surface area contributed by atoms with Gasteiger partial charge in [0.05, 0.1) is 6.54 Å². The van der Waals surface area contributed by atoms with E-state index in [9.17, 15) is 9.59 Å². The van der Waals surface area contributed by atoms with Crippen LogP contribution in [0.4, 0.5) is 0 Å². The summed E-state index contributed by atoms with van der Waals surface area (Å²) >= 11 is 0. The first kappa shape index (κ1) is 18.7. The third kappa shape index (κ3) is 3.45. The summed E-state index contributed by atoms with van der Waals surface area (Å²) in [5.74, 6) is -0.113. The van der Waals surface area contributed by atoms with E-state index >= 15 is 0 Å². The first-order valence-corrected chi connectivity index (χ1v) is 9.58. The lowest BCUT2D eigenvalue weighted by molar-refractivity contribution is 0.0953. The lowest BCUT2D eigenvalue weighted by Crippen LogP contribution is -2.41. The van der Waals surface area contributed by atoms with Gasteiger partial charge in [-0.05, 0) is 48.4 Å². The van der Waals surface area contributed by atoms with E-state index in [-0.39, 0.29) is 5.91 Å². The van der Waals surface area contributed by atoms with Gasteiger partial charge >= 0.3 is 0 Å². The molecule has 1 heterocycles. The number of benzene rings is 3. The lowest BCUT2D eigenvalue weighted by atomic mass is 10.0. The van der Waals surface area contributed by atoms with Crippen molar-refractivity contribution in [2.45, 2.75) is 20.4 Å². The van der Waals surface area contributed by atoms with Crippen molar-refractivity contribution in [2.75, 3.05) is 5.01 Å². The number of rotatable bonds is 5. The molecule has 4 rings (SSSR count). The average Bonchev–Trinajstić information content (AvgIpc) is 3.05. The van der Waals surface area contributed by atoms with Gasteiger partial charge in [0.2, 0.25) is 0 Å². The van der Waals surface area contributed by atoms with E-state index in [0.29, 0.717) is 17.7 Å². The average molecular weight is 382 g/mol. The molecule has 0 spiro atoms. The number of aryl methyl sites for hydroxylation is 1. The van der Waals surface area contributed by atoms with Gasteiger partial charge in [-0.15, -0.1) is 0 Å². The van der Waals surface area contributed by atoms with Crippen LogP contribution < -0.4 is 5.01 Å². The summed E-state index contributed by atoms with van der Waals surface area (Å²) in [5.41, 5.74) is 3.84. The molecule has 4 nitrogen and oxygen atoms in total. The van der Waals surface area contributed by atoms with Crippen LogP contribution in [0, 0.1) is 13.8 Å². The molecule has 4 heteroatoms. The molecule has 3 aromatic carbocycles. The molecule has 0 fully saturated rings. The molecule has 0 bridgehead atoms. The Morgan fingerprint density at radius 3 is 2.34 bits per heavy atom. The SMILES string of the molecule is Cc1cc(C=O)c(C)n1N(Cc1cccc2ccccc12)C(=O)c1ccccc1. The summed E-state index contributed by atoms with van der Waals surface area (Å²) in [5, 5.41) is 3.96. The van der Waals surface area contributed by atoms with Gasteiger partial charge in [-0.2, -0.15) is 0 Å². The van der Waals surface area contributed by atoms with Crippen molar-refractivity contribution < 1.29 is 9.59 Å². The monoisotopic (exact) mass is 382 g/mol. The Kier molecular flexibility index (Phi) is 5.00. The zero-order valence-corrected chi connectivity index (χ0v) is 16.5. The maximum absolute atomic E-state index is 13.5. The number of aromatic nitrogens is 1. The molecular weight excluding hydrogens is 360 g/mol. The van der Waals surface area contributed by atoms with Gasteiger partial charge in [-0.25, -0.2) is 5.01 Å². The molecule has 0 atom stereocenters. The van der Waals surface area contributed by atoms with Crippen LogP contribution in [0.15, 0.2) is 78.9 Å². The van der Waals surface area contributed by atoms with Crippen molar-refractivity contribution in [1.29, 1.82) is 0 Å². The number of hydrogen-bond donors (Lipinski definition) is 0. The van der Waals surface area contributed by atoms with E-state index in [1.165, 1.54) is 0 Å². The van der Waals surface area contributed by atoms with Crippen LogP contribution in [0.1, 0.15) is 37.7 Å². The molecule has 1 amide bonds. The Balaban J connectivity index is 1.86. The van der Waals surface area contributed by atoms with Crippen molar-refractivity contribution in [1.82, 2.24) is 4.68 Å². The fraction of sp³-hybridized carbons (Fsp3) is 0.120. The van der Waals surface area contributed by atoms with Crippen LogP contribution in [0.3, 0.4) is 0 Å². The Bertz CT molecular complexity index is 1190. The lowest BCUT2D eigenvalue weighted by Gasteiger charge is -2.28. The van der Waals surface area contributed by atoms with E-state index in [2.05, 4.69) is 18.2 Å². The van der Waals surface area contributed by atoms with Gasteiger partial charge in [0.1, 0.15) is 0 Å². The predicted octanol–water partition coefficient (Wildman–Crippen LogP) is 5.05. The van der Waals surface area contributed by atoms with Crippen molar-refractivity contribution >= 4 is 23.0 Å². The third-order valence-electron chi connectivity index (χ3n) is 5.26. The highest BCUT2D eigenvalue weighted by molar-refractivity contribution is 6.02. The molecule has 29 heavy (non-hydrogen) atoms. The zero-order valence-electron chi connectivity index (χ0n) is 16.5. The summed E-state index contributed by atoms with van der Waals surface area (Å²) in [6, 6.07) is 25.3. The molecule has 0 radical (unpaired) electrons. The summed E-state index contributed by atoms with van der Waals surface area (Å²) in [6.45, 7) is 4.17. The molecule has 0 aliphatic carbocycles. The Labute approximate surface area is 170 Å². The first-order chi connectivity index (χ1) is 14.1. The molecule has 0 N–H and O–H groups in total. The fourth-order valence-electron chi connectivity index (χ4n) is 3.82. The highest BCUT2D eigenvalue weighted by Crippen LogP contribution is 2.23. The van der Waals surface area contributed by atoms with Gasteiger partial charge in [0, 0.05) is 22.5 Å². The maximum atomic E-state index is 13.5. The number of fused-ring (bicyclic) bond motifs is 1. The van der Waals surface area contributed by atoms with Crippen LogP contribution >= 0.6 is 0 Å². The quantitative estimate of drug-likeness (QED) is 0.453. The first-order valence-electron chi connectivity index (χ1n) is 9.58. The minimum absolute atomic E-state index is 0.113. The van der Waals surface area contributed by atoms with E-state index in [1.54, 1.807) is 5.01 Å². The van der Waals surface area contributed by atoms with Crippen LogP contribution in [0.5, 0.6) is 0 Å². The molecule has 0 aliphatic rings. The number of aldehydes is 1. The van der Waals surface area contributed by atoms with Crippen molar-refractivity contribution in [3.63, 3.8) is 0 Å². The van der Waals surface area contributed by atoms with Crippen molar-refractivity contribution in [2.24, 2.45) is 0 Å². The summed E-state index contributed by atoms with van der Waals surface area (Å²) in [6.07, 6.45) is 0.835. The number of amides is 1. The molecule has 0 unspecified atom stereocenters. The normalized spacial score (nSPS) is 10.8. The van der Waals surface area contributed by atoms with Crippen LogP contribution in [0.25, 0.3) is 10.8 Å². The number of hydrogen-bond acceptors (Lipinski definition) is 2. The second kappa shape index (κ2) is 7.76. The smallest absolute Gasteiger partial charge is 0.273 e. The van der Waals surface area contributed by atoms with Crippen LogP contribution in [-0.4, -0.2) is 16.9 Å². The predicted molar refractivity (Wildman–Crippen MR) is 116 cm³/mol. The van der Waals surface area contributed by atoms with E-state index < -0.39 is 0 Å². The summed E-state index contributed by atoms with van der Waals surface area (Å²) in [7, 11) is 0. The summed E-state index contributed by atoms with van der Waals surface area (Å²) < 4.78 is 1.85. The standard InChI is InChI=1S/C25H22N2O2/c1-18-15-23(17-28)19(2)27(18)26(25(29)21-10-4-3-5-11-21)16-22-13-8-12-20-9-6-7-14-24(20)22/h3-15,17H,16H2,1-2H3. The zero-order chi connectivity index (χ0) is 20.4. The van der Waals surface area contributed by atoms with E-state index in [1.807, 2.05) is 79.2 Å². The third-order valence-corrected chi connectivity index (χ3v) is 5.26. The largest absolute Gasteiger partial charge is 0.298 e. The van der Waals surface area contributed by atoms with E-state index in [4.69, 9.17) is 0 Å².